The molecule has 2 N–H and O–H groups in total. The molecule has 3 amide bonds. The first-order valence-electron chi connectivity index (χ1n) is 9.79. The van der Waals surface area contributed by atoms with Crippen molar-refractivity contribution in [2.75, 3.05) is 6.61 Å². The molecule has 0 saturated heterocycles. The standard InChI is InChI=1S/C20H29N5O4/c1-7-13(6)22-20(28)24-17(26)10-29-19(27)14-8-16(11(2)3)23-18-15(14)9-21-25(18)12(4)5/h8-9,11-13H,7,10H2,1-6H3,(H2,22,24,26,28)/t13-/m0/s1. The van der Waals surface area contributed by atoms with E-state index in [1.807, 2.05) is 41.5 Å². The summed E-state index contributed by atoms with van der Waals surface area (Å²) in [6, 6.07) is 1.05. The third-order valence-electron chi connectivity index (χ3n) is 4.46. The van der Waals surface area contributed by atoms with Crippen molar-refractivity contribution in [3.63, 3.8) is 0 Å². The maximum Gasteiger partial charge on any atom is 0.339 e. The number of carbonyl (C=O) groups is 3. The van der Waals surface area contributed by atoms with E-state index in [2.05, 4.69) is 20.7 Å². The molecule has 0 aliphatic rings. The third kappa shape index (κ3) is 5.52. The summed E-state index contributed by atoms with van der Waals surface area (Å²) in [7, 11) is 0. The number of hydrogen-bond donors (Lipinski definition) is 2. The van der Waals surface area contributed by atoms with Gasteiger partial charge in [-0.3, -0.25) is 10.1 Å². The van der Waals surface area contributed by atoms with Gasteiger partial charge in [0.15, 0.2) is 12.3 Å². The molecule has 2 aromatic rings. The predicted octanol–water partition coefficient (Wildman–Crippen LogP) is 2.92. The maximum absolute atomic E-state index is 12.7. The zero-order valence-electron chi connectivity index (χ0n) is 17.8. The molecule has 0 aromatic carbocycles. The van der Waals surface area contributed by atoms with Gasteiger partial charge in [0, 0.05) is 17.8 Å². The molecule has 2 aromatic heterocycles. The summed E-state index contributed by atoms with van der Waals surface area (Å²) >= 11 is 0. The highest BCUT2D eigenvalue weighted by atomic mass is 16.5. The molecular formula is C20H29N5O4. The van der Waals surface area contributed by atoms with Crippen LogP contribution < -0.4 is 10.6 Å². The lowest BCUT2D eigenvalue weighted by atomic mass is 10.1. The number of nitrogens with one attached hydrogen (secondary N) is 2. The first-order chi connectivity index (χ1) is 13.6. The van der Waals surface area contributed by atoms with E-state index >= 15 is 0 Å². The van der Waals surface area contributed by atoms with Crippen LogP contribution in [0, 0.1) is 0 Å². The summed E-state index contributed by atoms with van der Waals surface area (Å²) in [4.78, 5) is 40.9. The molecule has 0 saturated carbocycles. The molecule has 0 aliphatic carbocycles. The monoisotopic (exact) mass is 403 g/mol. The fourth-order valence-corrected chi connectivity index (χ4v) is 2.61. The van der Waals surface area contributed by atoms with Crippen LogP contribution in [0.15, 0.2) is 12.3 Å². The van der Waals surface area contributed by atoms with Gasteiger partial charge in [0.25, 0.3) is 5.91 Å². The van der Waals surface area contributed by atoms with Crippen molar-refractivity contribution in [2.45, 2.75) is 66.0 Å². The Morgan fingerprint density at radius 2 is 1.86 bits per heavy atom. The van der Waals surface area contributed by atoms with Gasteiger partial charge in [0.05, 0.1) is 17.1 Å². The summed E-state index contributed by atoms with van der Waals surface area (Å²) in [6.07, 6.45) is 2.31. The fourth-order valence-electron chi connectivity index (χ4n) is 2.61. The van der Waals surface area contributed by atoms with Crippen molar-refractivity contribution in [3.05, 3.63) is 23.5 Å². The first-order valence-corrected chi connectivity index (χ1v) is 9.79. The smallest absolute Gasteiger partial charge is 0.339 e. The Balaban J connectivity index is 2.16. The van der Waals surface area contributed by atoms with Gasteiger partial charge in [-0.2, -0.15) is 5.10 Å². The number of amides is 3. The van der Waals surface area contributed by atoms with Gasteiger partial charge in [0.1, 0.15) is 0 Å². The Labute approximate surface area is 170 Å². The Kier molecular flexibility index (Phi) is 7.30. The molecule has 29 heavy (non-hydrogen) atoms. The fraction of sp³-hybridized carbons (Fsp3) is 0.550. The van der Waals surface area contributed by atoms with Crippen LogP contribution in [0.2, 0.25) is 0 Å². The van der Waals surface area contributed by atoms with Crippen LogP contribution in [0.3, 0.4) is 0 Å². The molecule has 9 heteroatoms. The third-order valence-corrected chi connectivity index (χ3v) is 4.46. The predicted molar refractivity (Wildman–Crippen MR) is 109 cm³/mol. The van der Waals surface area contributed by atoms with E-state index in [9.17, 15) is 14.4 Å². The molecule has 9 nitrogen and oxygen atoms in total. The largest absolute Gasteiger partial charge is 0.452 e. The van der Waals surface area contributed by atoms with Crippen LogP contribution in [0.5, 0.6) is 0 Å². The minimum Gasteiger partial charge on any atom is -0.452 e. The van der Waals surface area contributed by atoms with E-state index in [4.69, 9.17) is 4.74 Å². The average molecular weight is 403 g/mol. The highest BCUT2D eigenvalue weighted by Gasteiger charge is 2.21. The number of ether oxygens (including phenoxy) is 1. The second kappa shape index (κ2) is 9.49. The van der Waals surface area contributed by atoms with E-state index in [1.165, 1.54) is 0 Å². The van der Waals surface area contributed by atoms with Gasteiger partial charge in [-0.15, -0.1) is 0 Å². The van der Waals surface area contributed by atoms with Gasteiger partial charge in [-0.1, -0.05) is 20.8 Å². The first kappa shape index (κ1) is 22.3. The zero-order chi connectivity index (χ0) is 21.7. The zero-order valence-corrected chi connectivity index (χ0v) is 17.8. The summed E-state index contributed by atoms with van der Waals surface area (Å²) < 4.78 is 6.88. The highest BCUT2D eigenvalue weighted by Crippen LogP contribution is 2.24. The molecule has 0 radical (unpaired) electrons. The molecule has 0 bridgehead atoms. The molecule has 0 fully saturated rings. The van der Waals surface area contributed by atoms with Crippen LogP contribution >= 0.6 is 0 Å². The minimum atomic E-state index is -0.702. The van der Waals surface area contributed by atoms with E-state index in [0.717, 1.165) is 12.1 Å². The molecule has 0 spiro atoms. The average Bonchev–Trinajstić information content (AvgIpc) is 3.09. The number of aromatic nitrogens is 3. The molecule has 0 unspecified atom stereocenters. The summed E-state index contributed by atoms with van der Waals surface area (Å²) in [5.74, 6) is -1.28. The normalized spacial score (nSPS) is 12.3. The molecule has 2 heterocycles. The number of urea groups is 1. The highest BCUT2D eigenvalue weighted by molar-refractivity contribution is 6.04. The summed E-state index contributed by atoms with van der Waals surface area (Å²) in [5, 5.41) is 9.63. The van der Waals surface area contributed by atoms with Crippen LogP contribution in [0.1, 0.15) is 76.0 Å². The van der Waals surface area contributed by atoms with Crippen molar-refractivity contribution in [2.24, 2.45) is 0 Å². The lowest BCUT2D eigenvalue weighted by molar-refractivity contribution is -0.123. The van der Waals surface area contributed by atoms with Crippen molar-refractivity contribution in [1.82, 2.24) is 25.4 Å². The lowest BCUT2D eigenvalue weighted by Gasteiger charge is -2.13. The van der Waals surface area contributed by atoms with Crippen molar-refractivity contribution < 1.29 is 19.1 Å². The van der Waals surface area contributed by atoms with Crippen molar-refractivity contribution in [1.29, 1.82) is 0 Å². The Morgan fingerprint density at radius 1 is 1.17 bits per heavy atom. The Morgan fingerprint density at radius 3 is 2.45 bits per heavy atom. The van der Waals surface area contributed by atoms with Crippen molar-refractivity contribution in [3.8, 4) is 0 Å². The minimum absolute atomic E-state index is 0.0672. The molecule has 2 rings (SSSR count). The van der Waals surface area contributed by atoms with E-state index in [0.29, 0.717) is 16.6 Å². The van der Waals surface area contributed by atoms with E-state index in [1.54, 1.807) is 16.9 Å². The van der Waals surface area contributed by atoms with Gasteiger partial charge in [-0.25, -0.2) is 19.3 Å². The second-order valence-corrected chi connectivity index (χ2v) is 7.58. The van der Waals surface area contributed by atoms with E-state index < -0.39 is 24.5 Å². The number of carbonyl (C=O) groups excluding carboxylic acids is 3. The number of fused-ring (bicyclic) bond motifs is 1. The molecule has 0 aliphatic heterocycles. The van der Waals surface area contributed by atoms with Crippen LogP contribution in [0.25, 0.3) is 11.0 Å². The van der Waals surface area contributed by atoms with Crippen LogP contribution in [-0.4, -0.2) is 45.3 Å². The van der Waals surface area contributed by atoms with Gasteiger partial charge in [-0.05, 0) is 39.2 Å². The molecular weight excluding hydrogens is 374 g/mol. The van der Waals surface area contributed by atoms with E-state index in [-0.39, 0.29) is 18.0 Å². The van der Waals surface area contributed by atoms with Gasteiger partial charge >= 0.3 is 12.0 Å². The Hall–Kier alpha value is -2.97. The number of nitrogens with zero attached hydrogens (tertiary/aromatic N) is 3. The number of rotatable bonds is 7. The number of imide groups is 1. The summed E-state index contributed by atoms with van der Waals surface area (Å²) in [6.45, 7) is 11.1. The number of pyridine rings is 1. The SMILES string of the molecule is CC[C@H](C)NC(=O)NC(=O)COC(=O)c1cc(C(C)C)nc2c1cnn2C(C)C. The topological polar surface area (TPSA) is 115 Å². The van der Waals surface area contributed by atoms with Gasteiger partial charge < -0.3 is 10.1 Å². The maximum atomic E-state index is 12.7. The van der Waals surface area contributed by atoms with Crippen molar-refractivity contribution >= 4 is 28.9 Å². The summed E-state index contributed by atoms with van der Waals surface area (Å²) in [5.41, 5.74) is 1.61. The molecule has 158 valence electrons. The second-order valence-electron chi connectivity index (χ2n) is 7.58. The number of hydrogen-bond acceptors (Lipinski definition) is 6. The molecule has 1 atom stereocenters. The number of esters is 1. The quantitative estimate of drug-likeness (QED) is 0.687. The van der Waals surface area contributed by atoms with Gasteiger partial charge in [0.2, 0.25) is 0 Å². The van der Waals surface area contributed by atoms with Crippen LogP contribution in [-0.2, 0) is 9.53 Å². The van der Waals surface area contributed by atoms with Crippen LogP contribution in [0.4, 0.5) is 4.79 Å². The lowest BCUT2D eigenvalue weighted by Crippen LogP contribution is -2.44. The Bertz CT molecular complexity index is 904.